The molecule has 1 heterocycles. The number of nitrogens with two attached hydrogens (primary N) is 1. The van der Waals surface area contributed by atoms with E-state index >= 15 is 0 Å². The fourth-order valence-electron chi connectivity index (χ4n) is 1.67. The molecular formula is C12H21N3O. The number of hydrogen-bond donors (Lipinski definition) is 1. The van der Waals surface area contributed by atoms with Gasteiger partial charge in [-0.1, -0.05) is 19.8 Å². The van der Waals surface area contributed by atoms with Gasteiger partial charge in [0.05, 0.1) is 6.04 Å². The second-order valence-corrected chi connectivity index (χ2v) is 4.16. The summed E-state index contributed by atoms with van der Waals surface area (Å²) < 4.78 is 1.80. The van der Waals surface area contributed by atoms with Crippen molar-refractivity contribution in [3.8, 4) is 0 Å². The minimum atomic E-state index is -0.284. The molecule has 4 nitrogen and oxygen atoms in total. The Morgan fingerprint density at radius 2 is 2.38 bits per heavy atom. The summed E-state index contributed by atoms with van der Waals surface area (Å²) in [5, 5.41) is 4.06. The third kappa shape index (κ3) is 3.77. The van der Waals surface area contributed by atoms with Crippen LogP contribution in [0.4, 0.5) is 0 Å². The highest BCUT2D eigenvalue weighted by Crippen LogP contribution is 2.06. The van der Waals surface area contributed by atoms with Crippen molar-refractivity contribution >= 4 is 5.78 Å². The topological polar surface area (TPSA) is 60.9 Å². The maximum Gasteiger partial charge on any atom is 0.149 e. The van der Waals surface area contributed by atoms with Crippen molar-refractivity contribution in [3.05, 3.63) is 18.0 Å². The van der Waals surface area contributed by atoms with Gasteiger partial charge in [0.15, 0.2) is 0 Å². The Bertz CT molecular complexity index is 333. The van der Waals surface area contributed by atoms with E-state index in [-0.39, 0.29) is 11.8 Å². The molecule has 90 valence electrons. The number of aromatic nitrogens is 2. The number of aryl methyl sites for hydroxylation is 2. The molecule has 0 spiro atoms. The first kappa shape index (κ1) is 12.9. The number of carbonyl (C=O) groups is 1. The summed E-state index contributed by atoms with van der Waals surface area (Å²) >= 11 is 0. The predicted molar refractivity (Wildman–Crippen MR) is 64.0 cm³/mol. The predicted octanol–water partition coefficient (Wildman–Crippen LogP) is 1.44. The van der Waals surface area contributed by atoms with Gasteiger partial charge in [-0.05, 0) is 18.9 Å². The van der Waals surface area contributed by atoms with Gasteiger partial charge in [0, 0.05) is 25.4 Å². The van der Waals surface area contributed by atoms with Gasteiger partial charge in [-0.2, -0.15) is 5.10 Å². The normalized spacial score (nSPS) is 12.7. The molecule has 0 fully saturated rings. The zero-order chi connectivity index (χ0) is 12.0. The van der Waals surface area contributed by atoms with Crippen LogP contribution >= 0.6 is 0 Å². The van der Waals surface area contributed by atoms with Gasteiger partial charge in [0.2, 0.25) is 0 Å². The van der Waals surface area contributed by atoms with Crippen molar-refractivity contribution < 1.29 is 4.79 Å². The van der Waals surface area contributed by atoms with E-state index in [2.05, 4.69) is 12.0 Å². The van der Waals surface area contributed by atoms with Crippen LogP contribution in [0.2, 0.25) is 0 Å². The third-order valence-electron chi connectivity index (χ3n) is 2.83. The molecule has 1 aromatic rings. The molecule has 0 aliphatic heterocycles. The quantitative estimate of drug-likeness (QED) is 0.761. The van der Waals surface area contributed by atoms with Crippen LogP contribution in [-0.4, -0.2) is 21.6 Å². The highest BCUT2D eigenvalue weighted by Gasteiger charge is 2.13. The van der Waals surface area contributed by atoms with Crippen LogP contribution in [0.15, 0.2) is 12.3 Å². The van der Waals surface area contributed by atoms with Gasteiger partial charge in [-0.3, -0.25) is 9.48 Å². The molecule has 2 N–H and O–H groups in total. The smallest absolute Gasteiger partial charge is 0.149 e. The van der Waals surface area contributed by atoms with Gasteiger partial charge in [-0.15, -0.1) is 0 Å². The Hall–Kier alpha value is -1.16. The van der Waals surface area contributed by atoms with E-state index in [0.29, 0.717) is 6.42 Å². The van der Waals surface area contributed by atoms with Gasteiger partial charge in [0.1, 0.15) is 5.78 Å². The standard InChI is InChI=1S/C12H21N3O/c1-3-4-5-11(13)12(16)7-6-10-8-9-14-15(10)2/h8-9,11H,3-7,13H2,1-2H3. The second-order valence-electron chi connectivity index (χ2n) is 4.16. The van der Waals surface area contributed by atoms with Crippen molar-refractivity contribution in [2.45, 2.75) is 45.1 Å². The first-order valence-electron chi connectivity index (χ1n) is 5.90. The average Bonchev–Trinajstić information content (AvgIpc) is 2.68. The minimum Gasteiger partial charge on any atom is -0.322 e. The molecule has 1 aromatic heterocycles. The lowest BCUT2D eigenvalue weighted by molar-refractivity contribution is -0.120. The second kappa shape index (κ2) is 6.43. The lowest BCUT2D eigenvalue weighted by Gasteiger charge is -2.09. The fourth-order valence-corrected chi connectivity index (χ4v) is 1.67. The van der Waals surface area contributed by atoms with Crippen LogP contribution in [0.25, 0.3) is 0 Å². The number of unbranched alkanes of at least 4 members (excludes halogenated alkanes) is 1. The minimum absolute atomic E-state index is 0.162. The first-order valence-corrected chi connectivity index (χ1v) is 5.90. The molecule has 1 unspecified atom stereocenters. The molecule has 0 aliphatic rings. The SMILES string of the molecule is CCCCC(N)C(=O)CCc1ccnn1C. The van der Waals surface area contributed by atoms with E-state index in [9.17, 15) is 4.79 Å². The summed E-state index contributed by atoms with van der Waals surface area (Å²) in [5.41, 5.74) is 6.89. The Kier molecular flexibility index (Phi) is 5.19. The average molecular weight is 223 g/mol. The monoisotopic (exact) mass is 223 g/mol. The molecule has 0 saturated heterocycles. The maximum atomic E-state index is 11.7. The number of rotatable bonds is 7. The number of carbonyl (C=O) groups excluding carboxylic acids is 1. The van der Waals surface area contributed by atoms with E-state index in [4.69, 9.17) is 5.73 Å². The van der Waals surface area contributed by atoms with Gasteiger partial charge >= 0.3 is 0 Å². The Morgan fingerprint density at radius 3 is 2.94 bits per heavy atom. The molecule has 1 atom stereocenters. The number of ketones is 1. The van der Waals surface area contributed by atoms with Crippen molar-refractivity contribution in [1.82, 2.24) is 9.78 Å². The number of nitrogens with zero attached hydrogens (tertiary/aromatic N) is 2. The largest absolute Gasteiger partial charge is 0.322 e. The van der Waals surface area contributed by atoms with Crippen LogP contribution in [0.1, 0.15) is 38.3 Å². The molecule has 4 heteroatoms. The summed E-state index contributed by atoms with van der Waals surface area (Å²) in [4.78, 5) is 11.7. The summed E-state index contributed by atoms with van der Waals surface area (Å²) in [6.45, 7) is 2.10. The van der Waals surface area contributed by atoms with E-state index in [1.165, 1.54) is 0 Å². The van der Waals surface area contributed by atoms with Crippen LogP contribution in [0.5, 0.6) is 0 Å². The summed E-state index contributed by atoms with van der Waals surface area (Å²) in [7, 11) is 1.89. The lowest BCUT2D eigenvalue weighted by atomic mass is 10.0. The van der Waals surface area contributed by atoms with E-state index in [1.807, 2.05) is 13.1 Å². The van der Waals surface area contributed by atoms with Crippen LogP contribution < -0.4 is 5.73 Å². The number of hydrogen-bond acceptors (Lipinski definition) is 3. The molecule has 1 rings (SSSR count). The van der Waals surface area contributed by atoms with Crippen molar-refractivity contribution in [2.75, 3.05) is 0 Å². The van der Waals surface area contributed by atoms with Gasteiger partial charge in [0.25, 0.3) is 0 Å². The summed E-state index contributed by atoms with van der Waals surface area (Å²) in [6, 6.07) is 1.65. The van der Waals surface area contributed by atoms with Crippen molar-refractivity contribution in [3.63, 3.8) is 0 Å². The lowest BCUT2D eigenvalue weighted by Crippen LogP contribution is -2.30. The summed E-state index contributed by atoms with van der Waals surface area (Å²) in [5.74, 6) is 0.162. The Morgan fingerprint density at radius 1 is 1.62 bits per heavy atom. The van der Waals surface area contributed by atoms with Crippen LogP contribution in [0.3, 0.4) is 0 Å². The molecule has 0 aliphatic carbocycles. The zero-order valence-corrected chi connectivity index (χ0v) is 10.1. The molecule has 16 heavy (non-hydrogen) atoms. The molecule has 0 bridgehead atoms. The van der Waals surface area contributed by atoms with Crippen LogP contribution in [-0.2, 0) is 18.3 Å². The molecule has 0 amide bonds. The molecule has 0 saturated carbocycles. The number of Topliss-reactive ketones (excluding diaryl/α,β-unsaturated/α-hetero) is 1. The molecule has 0 radical (unpaired) electrons. The van der Waals surface area contributed by atoms with Gasteiger partial charge in [-0.25, -0.2) is 0 Å². The Balaban J connectivity index is 2.32. The Labute approximate surface area is 96.8 Å². The van der Waals surface area contributed by atoms with E-state index in [0.717, 1.165) is 31.4 Å². The van der Waals surface area contributed by atoms with Crippen LogP contribution in [0, 0.1) is 0 Å². The first-order chi connectivity index (χ1) is 7.65. The van der Waals surface area contributed by atoms with Crippen molar-refractivity contribution in [1.29, 1.82) is 0 Å². The maximum absolute atomic E-state index is 11.7. The van der Waals surface area contributed by atoms with Gasteiger partial charge < -0.3 is 5.73 Å². The van der Waals surface area contributed by atoms with E-state index in [1.54, 1.807) is 10.9 Å². The fraction of sp³-hybridized carbons (Fsp3) is 0.667. The summed E-state index contributed by atoms with van der Waals surface area (Å²) in [6.07, 6.45) is 5.92. The molecular weight excluding hydrogens is 202 g/mol. The van der Waals surface area contributed by atoms with Crippen molar-refractivity contribution in [2.24, 2.45) is 12.8 Å². The highest BCUT2D eigenvalue weighted by atomic mass is 16.1. The zero-order valence-electron chi connectivity index (χ0n) is 10.1. The third-order valence-corrected chi connectivity index (χ3v) is 2.83. The van der Waals surface area contributed by atoms with E-state index < -0.39 is 0 Å². The molecule has 0 aromatic carbocycles. The highest BCUT2D eigenvalue weighted by molar-refractivity contribution is 5.83.